The zero-order valence-electron chi connectivity index (χ0n) is 11.3. The lowest BCUT2D eigenvalue weighted by Crippen LogP contribution is -2.14. The Kier molecular flexibility index (Phi) is 3.56. The third kappa shape index (κ3) is 2.76. The highest BCUT2D eigenvalue weighted by Gasteiger charge is 2.11. The summed E-state index contributed by atoms with van der Waals surface area (Å²) < 4.78 is 0. The first-order chi connectivity index (χ1) is 8.99. The Morgan fingerprint density at radius 1 is 1.00 bits per heavy atom. The molecule has 0 saturated heterocycles. The highest BCUT2D eigenvalue weighted by Crippen LogP contribution is 2.25. The van der Waals surface area contributed by atoms with E-state index in [0.717, 1.165) is 22.4 Å². The molecule has 2 aromatic rings. The number of nitrogens with one attached hydrogen (secondary N) is 1. The molecule has 3 nitrogen and oxygen atoms in total. The lowest BCUT2D eigenvalue weighted by atomic mass is 10.1. The van der Waals surface area contributed by atoms with Crippen LogP contribution in [0.15, 0.2) is 36.4 Å². The number of anilines is 1. The molecule has 2 aromatic carbocycles. The van der Waals surface area contributed by atoms with Crippen molar-refractivity contribution in [3.05, 3.63) is 58.7 Å². The molecule has 0 spiro atoms. The molecule has 0 bridgehead atoms. The van der Waals surface area contributed by atoms with Gasteiger partial charge in [-0.25, -0.2) is 0 Å². The van der Waals surface area contributed by atoms with Crippen molar-refractivity contribution in [2.75, 3.05) is 5.32 Å². The van der Waals surface area contributed by atoms with Gasteiger partial charge in [-0.05, 0) is 55.7 Å². The molecule has 19 heavy (non-hydrogen) atoms. The van der Waals surface area contributed by atoms with Crippen molar-refractivity contribution in [2.45, 2.75) is 20.8 Å². The quantitative estimate of drug-likeness (QED) is 0.806. The minimum absolute atomic E-state index is 0.133. The molecule has 0 aliphatic heterocycles. The van der Waals surface area contributed by atoms with E-state index in [9.17, 15) is 9.90 Å². The molecule has 1 amide bonds. The minimum Gasteiger partial charge on any atom is -0.508 e. The van der Waals surface area contributed by atoms with E-state index in [1.807, 2.05) is 32.0 Å². The summed E-state index contributed by atoms with van der Waals surface area (Å²) in [4.78, 5) is 12.2. The molecule has 0 radical (unpaired) electrons. The minimum atomic E-state index is -0.133. The maximum absolute atomic E-state index is 12.2. The summed E-state index contributed by atoms with van der Waals surface area (Å²) in [6.07, 6.45) is 0. The Balaban J connectivity index is 2.30. The number of amides is 1. The van der Waals surface area contributed by atoms with Gasteiger partial charge in [0.05, 0.1) is 0 Å². The molecule has 0 heterocycles. The molecular weight excluding hydrogens is 238 g/mol. The first-order valence-electron chi connectivity index (χ1n) is 6.16. The lowest BCUT2D eigenvalue weighted by molar-refractivity contribution is 0.102. The molecule has 0 fully saturated rings. The fraction of sp³-hybridized carbons (Fsp3) is 0.188. The Bertz CT molecular complexity index is 633. The molecular formula is C16H17NO2. The lowest BCUT2D eigenvalue weighted by Gasteiger charge is -2.11. The van der Waals surface area contributed by atoms with E-state index < -0.39 is 0 Å². The van der Waals surface area contributed by atoms with Crippen LogP contribution in [0.2, 0.25) is 0 Å². The summed E-state index contributed by atoms with van der Waals surface area (Å²) in [5, 5.41) is 12.5. The Morgan fingerprint density at radius 3 is 2.37 bits per heavy atom. The average Bonchev–Trinajstić information content (AvgIpc) is 2.36. The number of carbonyl (C=O) groups excluding carboxylic acids is 1. The number of aromatic hydroxyl groups is 1. The van der Waals surface area contributed by atoms with Crippen LogP contribution in [0.25, 0.3) is 0 Å². The monoisotopic (exact) mass is 255 g/mol. The standard InChI is InChI=1S/C16H17NO2/c1-10-6-4-5-7-13(10)16(19)17-14-8-12(3)15(18)9-11(14)2/h4-9,18H,1-3H3,(H,17,19). The Labute approximate surface area is 112 Å². The van der Waals surface area contributed by atoms with E-state index in [4.69, 9.17) is 0 Å². The first kappa shape index (κ1) is 13.1. The smallest absolute Gasteiger partial charge is 0.255 e. The normalized spacial score (nSPS) is 10.3. The summed E-state index contributed by atoms with van der Waals surface area (Å²) in [5.41, 5.74) is 3.90. The van der Waals surface area contributed by atoms with Gasteiger partial charge >= 0.3 is 0 Å². The van der Waals surface area contributed by atoms with Crippen molar-refractivity contribution in [1.82, 2.24) is 0 Å². The fourth-order valence-corrected chi connectivity index (χ4v) is 1.95. The van der Waals surface area contributed by atoms with Crippen LogP contribution in [-0.2, 0) is 0 Å². The van der Waals surface area contributed by atoms with Gasteiger partial charge in [0.1, 0.15) is 5.75 Å². The van der Waals surface area contributed by atoms with Gasteiger partial charge in [-0.15, -0.1) is 0 Å². The fourth-order valence-electron chi connectivity index (χ4n) is 1.95. The number of aryl methyl sites for hydroxylation is 3. The zero-order valence-corrected chi connectivity index (χ0v) is 11.3. The van der Waals surface area contributed by atoms with Crippen molar-refractivity contribution in [1.29, 1.82) is 0 Å². The summed E-state index contributed by atoms with van der Waals surface area (Å²) in [6.45, 7) is 5.56. The number of hydrogen-bond acceptors (Lipinski definition) is 2. The van der Waals surface area contributed by atoms with E-state index in [2.05, 4.69) is 5.32 Å². The third-order valence-electron chi connectivity index (χ3n) is 3.18. The van der Waals surface area contributed by atoms with Crippen molar-refractivity contribution in [3.8, 4) is 5.75 Å². The van der Waals surface area contributed by atoms with Gasteiger partial charge in [0.25, 0.3) is 5.91 Å². The maximum Gasteiger partial charge on any atom is 0.255 e. The van der Waals surface area contributed by atoms with E-state index in [1.165, 1.54) is 0 Å². The third-order valence-corrected chi connectivity index (χ3v) is 3.18. The van der Waals surface area contributed by atoms with Crippen LogP contribution in [0, 0.1) is 20.8 Å². The number of hydrogen-bond donors (Lipinski definition) is 2. The van der Waals surface area contributed by atoms with Crippen LogP contribution in [0.4, 0.5) is 5.69 Å². The molecule has 0 unspecified atom stereocenters. The van der Waals surface area contributed by atoms with Crippen molar-refractivity contribution in [2.24, 2.45) is 0 Å². The summed E-state index contributed by atoms with van der Waals surface area (Å²) in [6, 6.07) is 10.9. The molecule has 0 atom stereocenters. The number of carbonyl (C=O) groups is 1. The molecule has 0 aliphatic carbocycles. The first-order valence-corrected chi connectivity index (χ1v) is 6.16. The van der Waals surface area contributed by atoms with Gasteiger partial charge in [0.15, 0.2) is 0 Å². The van der Waals surface area contributed by atoms with Gasteiger partial charge in [-0.3, -0.25) is 4.79 Å². The highest BCUT2D eigenvalue weighted by atomic mass is 16.3. The second-order valence-electron chi connectivity index (χ2n) is 4.72. The van der Waals surface area contributed by atoms with E-state index in [0.29, 0.717) is 5.56 Å². The van der Waals surface area contributed by atoms with E-state index in [-0.39, 0.29) is 11.7 Å². The Morgan fingerprint density at radius 2 is 1.68 bits per heavy atom. The zero-order chi connectivity index (χ0) is 14.0. The van der Waals surface area contributed by atoms with Gasteiger partial charge in [0, 0.05) is 11.3 Å². The van der Waals surface area contributed by atoms with Crippen LogP contribution in [-0.4, -0.2) is 11.0 Å². The molecule has 2 N–H and O–H groups in total. The summed E-state index contributed by atoms with van der Waals surface area (Å²) >= 11 is 0. The van der Waals surface area contributed by atoms with Crippen LogP contribution in [0.1, 0.15) is 27.0 Å². The van der Waals surface area contributed by atoms with Gasteiger partial charge in [-0.1, -0.05) is 18.2 Å². The van der Waals surface area contributed by atoms with Gasteiger partial charge < -0.3 is 10.4 Å². The predicted molar refractivity (Wildman–Crippen MR) is 76.7 cm³/mol. The molecule has 0 aliphatic rings. The topological polar surface area (TPSA) is 49.3 Å². The largest absolute Gasteiger partial charge is 0.508 e. The molecule has 0 saturated carbocycles. The highest BCUT2D eigenvalue weighted by molar-refractivity contribution is 6.05. The number of benzene rings is 2. The molecule has 98 valence electrons. The second kappa shape index (κ2) is 5.14. The van der Waals surface area contributed by atoms with E-state index >= 15 is 0 Å². The van der Waals surface area contributed by atoms with E-state index in [1.54, 1.807) is 25.1 Å². The van der Waals surface area contributed by atoms with Crippen molar-refractivity contribution < 1.29 is 9.90 Å². The molecule has 0 aromatic heterocycles. The number of rotatable bonds is 2. The van der Waals surface area contributed by atoms with Gasteiger partial charge in [0.2, 0.25) is 0 Å². The number of phenolic OH excluding ortho intramolecular Hbond substituents is 1. The van der Waals surface area contributed by atoms with Gasteiger partial charge in [-0.2, -0.15) is 0 Å². The predicted octanol–water partition coefficient (Wildman–Crippen LogP) is 3.57. The molecule has 3 heteroatoms. The molecule has 2 rings (SSSR count). The van der Waals surface area contributed by atoms with Crippen LogP contribution in [0.3, 0.4) is 0 Å². The van der Waals surface area contributed by atoms with Crippen LogP contribution >= 0.6 is 0 Å². The summed E-state index contributed by atoms with van der Waals surface area (Å²) in [5.74, 6) is 0.109. The van der Waals surface area contributed by atoms with Crippen LogP contribution in [0.5, 0.6) is 5.75 Å². The summed E-state index contributed by atoms with van der Waals surface area (Å²) in [7, 11) is 0. The maximum atomic E-state index is 12.2. The number of phenols is 1. The second-order valence-corrected chi connectivity index (χ2v) is 4.72. The van der Waals surface area contributed by atoms with Crippen molar-refractivity contribution >= 4 is 11.6 Å². The van der Waals surface area contributed by atoms with Crippen LogP contribution < -0.4 is 5.32 Å². The Hall–Kier alpha value is -2.29. The van der Waals surface area contributed by atoms with Crippen molar-refractivity contribution in [3.63, 3.8) is 0 Å². The SMILES string of the molecule is Cc1cc(NC(=O)c2ccccc2C)c(C)cc1O. The average molecular weight is 255 g/mol.